The van der Waals surface area contributed by atoms with Gasteiger partial charge in [-0.05, 0) is 38.5 Å². The molecule has 1 aliphatic heterocycles. The predicted molar refractivity (Wildman–Crippen MR) is 121 cm³/mol. The molecule has 8 heteroatoms. The molecule has 0 aromatic carbocycles. The zero-order valence-corrected chi connectivity index (χ0v) is 19.5. The molecular weight excluding hydrogens is 406 g/mol. The van der Waals surface area contributed by atoms with Gasteiger partial charge in [0.2, 0.25) is 5.88 Å². The normalized spacial score (nSPS) is 13.3. The Labute approximate surface area is 188 Å². The predicted octanol–water partition coefficient (Wildman–Crippen LogP) is 2.97. The fourth-order valence-electron chi connectivity index (χ4n) is 4.40. The van der Waals surface area contributed by atoms with Gasteiger partial charge in [-0.25, -0.2) is 4.98 Å². The van der Waals surface area contributed by atoms with Gasteiger partial charge in [0, 0.05) is 75.1 Å². The average molecular weight is 438 g/mol. The summed E-state index contributed by atoms with van der Waals surface area (Å²) in [5, 5.41) is 4.67. The fourth-order valence-corrected chi connectivity index (χ4v) is 4.40. The number of hydrogen-bond donors (Lipinski definition) is 0. The Bertz CT molecular complexity index is 1130. The van der Waals surface area contributed by atoms with Crippen molar-refractivity contribution in [2.75, 3.05) is 20.3 Å². The number of hydrogen-bond acceptors (Lipinski definition) is 5. The topological polar surface area (TPSA) is 74.4 Å². The molecule has 0 unspecified atom stereocenters. The number of carbonyl (C=O) groups is 1. The molecule has 0 saturated heterocycles. The summed E-state index contributed by atoms with van der Waals surface area (Å²) >= 11 is 0. The molecule has 4 heterocycles. The van der Waals surface area contributed by atoms with Gasteiger partial charge in [-0.15, -0.1) is 0 Å². The first kappa shape index (κ1) is 22.1. The lowest BCUT2D eigenvalue weighted by Crippen LogP contribution is -2.36. The number of ether oxygens (including phenoxy) is 2. The van der Waals surface area contributed by atoms with Crippen LogP contribution in [0.5, 0.6) is 5.88 Å². The first-order valence-corrected chi connectivity index (χ1v) is 10.9. The van der Waals surface area contributed by atoms with E-state index in [2.05, 4.69) is 14.6 Å². The number of nitrogens with zero attached hydrogens (tertiary/aromatic N) is 5. The van der Waals surface area contributed by atoms with E-state index in [9.17, 15) is 4.79 Å². The minimum Gasteiger partial charge on any atom is -0.471 e. The molecule has 1 amide bonds. The number of fused-ring (bicyclic) bond motifs is 1. The summed E-state index contributed by atoms with van der Waals surface area (Å²) < 4.78 is 15.2. The molecule has 0 saturated carbocycles. The third kappa shape index (κ3) is 4.27. The highest BCUT2D eigenvalue weighted by Gasteiger charge is 2.29. The molecule has 3 aromatic heterocycles. The molecule has 32 heavy (non-hydrogen) atoms. The first-order valence-electron chi connectivity index (χ1n) is 10.9. The number of aryl methyl sites for hydroxylation is 3. The third-order valence-electron chi connectivity index (χ3n) is 6.18. The van der Waals surface area contributed by atoms with Gasteiger partial charge in [0.05, 0.1) is 12.2 Å². The minimum atomic E-state index is 0.0588. The number of methoxy groups -OCH3 is 1. The second kappa shape index (κ2) is 9.16. The van der Waals surface area contributed by atoms with Crippen LogP contribution in [0.25, 0.3) is 0 Å². The van der Waals surface area contributed by atoms with Crippen molar-refractivity contribution in [1.29, 1.82) is 0 Å². The Morgan fingerprint density at radius 3 is 2.78 bits per heavy atom. The van der Waals surface area contributed by atoms with Crippen LogP contribution in [0.15, 0.2) is 24.4 Å². The van der Waals surface area contributed by atoms with Crippen molar-refractivity contribution < 1.29 is 14.3 Å². The third-order valence-corrected chi connectivity index (χ3v) is 6.18. The maximum Gasteiger partial charge on any atom is 0.255 e. The zero-order chi connectivity index (χ0) is 22.8. The Morgan fingerprint density at radius 2 is 2.03 bits per heavy atom. The fraction of sp³-hybridized carbons (Fsp3) is 0.458. The molecule has 0 atom stereocenters. The van der Waals surface area contributed by atoms with Gasteiger partial charge in [0.1, 0.15) is 12.3 Å². The summed E-state index contributed by atoms with van der Waals surface area (Å²) in [7, 11) is 3.64. The van der Waals surface area contributed by atoms with E-state index >= 15 is 0 Å². The molecule has 0 radical (unpaired) electrons. The maximum atomic E-state index is 13.4. The second-order valence-electron chi connectivity index (χ2n) is 8.36. The zero-order valence-electron chi connectivity index (χ0n) is 19.5. The Kier molecular flexibility index (Phi) is 6.32. The SMILES string of the molecule is COCCn1c(C)cc(C(=O)N2CCc3c(c(COc4cc(C)ccn4)nn3C)C2)c1C. The molecule has 0 spiro atoms. The smallest absolute Gasteiger partial charge is 0.255 e. The van der Waals surface area contributed by atoms with Crippen LogP contribution in [0.1, 0.15) is 44.3 Å². The lowest BCUT2D eigenvalue weighted by atomic mass is 10.0. The molecule has 0 bridgehead atoms. The largest absolute Gasteiger partial charge is 0.471 e. The highest BCUT2D eigenvalue weighted by Crippen LogP contribution is 2.26. The van der Waals surface area contributed by atoms with Crippen molar-refractivity contribution in [3.05, 3.63) is 63.9 Å². The van der Waals surface area contributed by atoms with Crippen LogP contribution in [0.2, 0.25) is 0 Å². The van der Waals surface area contributed by atoms with Gasteiger partial charge in [0.15, 0.2) is 0 Å². The molecular formula is C24H31N5O3. The number of amides is 1. The van der Waals surface area contributed by atoms with Crippen LogP contribution in [0.3, 0.4) is 0 Å². The van der Waals surface area contributed by atoms with Crippen molar-refractivity contribution in [2.24, 2.45) is 7.05 Å². The van der Waals surface area contributed by atoms with E-state index in [1.807, 2.05) is 55.6 Å². The number of carbonyl (C=O) groups excluding carboxylic acids is 1. The summed E-state index contributed by atoms with van der Waals surface area (Å²) in [6.07, 6.45) is 2.51. The monoisotopic (exact) mass is 437 g/mol. The second-order valence-corrected chi connectivity index (χ2v) is 8.36. The van der Waals surface area contributed by atoms with Crippen molar-refractivity contribution >= 4 is 5.91 Å². The van der Waals surface area contributed by atoms with Crippen molar-refractivity contribution in [3.63, 3.8) is 0 Å². The van der Waals surface area contributed by atoms with E-state index in [4.69, 9.17) is 9.47 Å². The van der Waals surface area contributed by atoms with Crippen LogP contribution in [0.4, 0.5) is 0 Å². The lowest BCUT2D eigenvalue weighted by Gasteiger charge is -2.28. The Balaban J connectivity index is 1.52. The van der Waals surface area contributed by atoms with E-state index in [0.717, 1.165) is 52.4 Å². The highest BCUT2D eigenvalue weighted by atomic mass is 16.5. The average Bonchev–Trinajstić information content (AvgIpc) is 3.25. The van der Waals surface area contributed by atoms with Crippen LogP contribution in [0, 0.1) is 20.8 Å². The van der Waals surface area contributed by atoms with Crippen molar-refractivity contribution in [2.45, 2.75) is 46.9 Å². The molecule has 4 rings (SSSR count). The lowest BCUT2D eigenvalue weighted by molar-refractivity contribution is 0.0731. The Morgan fingerprint density at radius 1 is 1.22 bits per heavy atom. The standard InChI is InChI=1S/C24H31N5O3/c1-16-6-8-25-23(12-16)32-15-21-20-14-28(9-7-22(20)27(4)26-21)24(30)19-13-17(2)29(18(19)3)10-11-31-5/h6,8,12-13H,7,9-11,14-15H2,1-5H3. The summed E-state index contributed by atoms with van der Waals surface area (Å²) in [5.74, 6) is 0.639. The van der Waals surface area contributed by atoms with Gasteiger partial charge in [-0.1, -0.05) is 0 Å². The van der Waals surface area contributed by atoms with Crippen LogP contribution < -0.4 is 4.74 Å². The molecule has 3 aromatic rings. The van der Waals surface area contributed by atoms with Gasteiger partial charge in [-0.2, -0.15) is 5.10 Å². The van der Waals surface area contributed by atoms with Gasteiger partial charge in [0.25, 0.3) is 5.91 Å². The molecule has 0 N–H and O–H groups in total. The van der Waals surface area contributed by atoms with E-state index in [1.54, 1.807) is 13.3 Å². The molecule has 170 valence electrons. The van der Waals surface area contributed by atoms with Gasteiger partial charge >= 0.3 is 0 Å². The number of pyridine rings is 1. The molecule has 1 aliphatic rings. The van der Waals surface area contributed by atoms with E-state index < -0.39 is 0 Å². The summed E-state index contributed by atoms with van der Waals surface area (Å²) in [4.78, 5) is 19.6. The van der Waals surface area contributed by atoms with Crippen molar-refractivity contribution in [3.8, 4) is 5.88 Å². The van der Waals surface area contributed by atoms with Gasteiger partial charge in [-0.3, -0.25) is 9.48 Å². The number of aromatic nitrogens is 4. The number of rotatable bonds is 7. The highest BCUT2D eigenvalue weighted by molar-refractivity contribution is 5.95. The van der Waals surface area contributed by atoms with Crippen LogP contribution in [-0.4, -0.2) is 50.4 Å². The Hall–Kier alpha value is -3.13. The maximum absolute atomic E-state index is 13.4. The summed E-state index contributed by atoms with van der Waals surface area (Å²) in [6, 6.07) is 5.83. The minimum absolute atomic E-state index is 0.0588. The van der Waals surface area contributed by atoms with E-state index in [-0.39, 0.29) is 5.91 Å². The van der Waals surface area contributed by atoms with Crippen LogP contribution >= 0.6 is 0 Å². The quantitative estimate of drug-likeness (QED) is 0.568. The summed E-state index contributed by atoms with van der Waals surface area (Å²) in [5.41, 5.74) is 7.00. The van der Waals surface area contributed by atoms with E-state index in [0.29, 0.717) is 32.2 Å². The van der Waals surface area contributed by atoms with Crippen molar-refractivity contribution in [1.82, 2.24) is 24.2 Å². The molecule has 8 nitrogen and oxygen atoms in total. The summed E-state index contributed by atoms with van der Waals surface area (Å²) in [6.45, 7) is 8.93. The van der Waals surface area contributed by atoms with Gasteiger partial charge < -0.3 is 18.9 Å². The molecule has 0 fully saturated rings. The van der Waals surface area contributed by atoms with E-state index in [1.165, 1.54) is 0 Å². The van der Waals surface area contributed by atoms with Crippen LogP contribution in [-0.2, 0) is 37.9 Å². The first-order chi connectivity index (χ1) is 15.4. The molecule has 0 aliphatic carbocycles.